The molecule has 0 bridgehead atoms. The van der Waals surface area contributed by atoms with Gasteiger partial charge < -0.3 is 20.5 Å². The molecule has 3 N–H and O–H groups in total. The van der Waals surface area contributed by atoms with Gasteiger partial charge in [0.05, 0.1) is 12.6 Å². The van der Waals surface area contributed by atoms with E-state index in [4.69, 9.17) is 10.5 Å². The molecule has 6 nitrogen and oxygen atoms in total. The first kappa shape index (κ1) is 15.0. The molecule has 0 radical (unpaired) electrons. The van der Waals surface area contributed by atoms with Gasteiger partial charge in [0, 0.05) is 19.2 Å². The van der Waals surface area contributed by atoms with E-state index >= 15 is 0 Å². The first-order valence-corrected chi connectivity index (χ1v) is 7.33. The van der Waals surface area contributed by atoms with E-state index < -0.39 is 0 Å². The second-order valence-electron chi connectivity index (χ2n) is 5.08. The fourth-order valence-electron chi connectivity index (χ4n) is 2.58. The van der Waals surface area contributed by atoms with Crippen LogP contribution in [0.25, 0.3) is 0 Å². The van der Waals surface area contributed by atoms with Crippen molar-refractivity contribution in [2.45, 2.75) is 45.3 Å². The summed E-state index contributed by atoms with van der Waals surface area (Å²) in [5.41, 5.74) is 5.87. The Balaban J connectivity index is 2.22. The second kappa shape index (κ2) is 7.40. The van der Waals surface area contributed by atoms with E-state index in [-0.39, 0.29) is 12.6 Å². The van der Waals surface area contributed by atoms with Gasteiger partial charge in [-0.3, -0.25) is 0 Å². The molecule has 1 aromatic heterocycles. The lowest BCUT2D eigenvalue weighted by molar-refractivity contribution is 0.128. The van der Waals surface area contributed by atoms with Crippen molar-refractivity contribution in [1.29, 1.82) is 0 Å². The summed E-state index contributed by atoms with van der Waals surface area (Å²) in [5.74, 6) is 1.85. The highest BCUT2D eigenvalue weighted by molar-refractivity contribution is 5.48. The number of hydrogen-bond acceptors (Lipinski definition) is 6. The quantitative estimate of drug-likeness (QED) is 0.846. The van der Waals surface area contributed by atoms with Crippen molar-refractivity contribution in [1.82, 2.24) is 9.97 Å². The largest absolute Gasteiger partial charge is 0.394 e. The zero-order valence-electron chi connectivity index (χ0n) is 12.1. The van der Waals surface area contributed by atoms with Gasteiger partial charge >= 0.3 is 0 Å². The van der Waals surface area contributed by atoms with E-state index in [0.717, 1.165) is 31.6 Å². The highest BCUT2D eigenvalue weighted by Crippen LogP contribution is 2.23. The molecule has 0 aromatic carbocycles. The number of aromatic nitrogens is 2. The number of anilines is 2. The summed E-state index contributed by atoms with van der Waals surface area (Å²) in [6.45, 7) is 3.97. The molecule has 0 saturated carbocycles. The fourth-order valence-corrected chi connectivity index (χ4v) is 2.58. The molecule has 2 rings (SSSR count). The van der Waals surface area contributed by atoms with Crippen LogP contribution in [0, 0.1) is 0 Å². The number of rotatable bonds is 5. The van der Waals surface area contributed by atoms with Crippen LogP contribution in [0.5, 0.6) is 0 Å². The SMILES string of the molecule is CCOCc1nc(N)cc(N2CCCCCC2CO)n1. The average molecular weight is 280 g/mol. The molecule has 1 saturated heterocycles. The van der Waals surface area contributed by atoms with Crippen LogP contribution >= 0.6 is 0 Å². The number of hydrogen-bond donors (Lipinski definition) is 2. The van der Waals surface area contributed by atoms with E-state index in [1.807, 2.05) is 6.92 Å². The molecular formula is C14H24N4O2. The molecular weight excluding hydrogens is 256 g/mol. The lowest BCUT2D eigenvalue weighted by Crippen LogP contribution is -2.38. The van der Waals surface area contributed by atoms with Crippen LogP contribution in [-0.4, -0.2) is 40.9 Å². The molecule has 0 spiro atoms. The minimum Gasteiger partial charge on any atom is -0.394 e. The molecule has 1 aliphatic heterocycles. The van der Waals surface area contributed by atoms with Gasteiger partial charge in [-0.1, -0.05) is 12.8 Å². The van der Waals surface area contributed by atoms with Crippen molar-refractivity contribution in [2.24, 2.45) is 0 Å². The summed E-state index contributed by atoms with van der Waals surface area (Å²) >= 11 is 0. The monoisotopic (exact) mass is 280 g/mol. The molecule has 2 heterocycles. The van der Waals surface area contributed by atoms with Crippen molar-refractivity contribution in [3.8, 4) is 0 Å². The van der Waals surface area contributed by atoms with Crippen molar-refractivity contribution >= 4 is 11.6 Å². The Kier molecular flexibility index (Phi) is 5.55. The Hall–Kier alpha value is -1.40. The lowest BCUT2D eigenvalue weighted by atomic mass is 10.1. The maximum Gasteiger partial charge on any atom is 0.158 e. The number of nitrogen functional groups attached to an aromatic ring is 1. The molecule has 1 aromatic rings. The van der Waals surface area contributed by atoms with Crippen molar-refractivity contribution in [3.63, 3.8) is 0 Å². The summed E-state index contributed by atoms with van der Waals surface area (Å²) in [5, 5.41) is 9.59. The van der Waals surface area contributed by atoms with E-state index in [1.165, 1.54) is 6.42 Å². The van der Waals surface area contributed by atoms with Crippen LogP contribution in [0.15, 0.2) is 6.07 Å². The Labute approximate surface area is 120 Å². The van der Waals surface area contributed by atoms with E-state index in [9.17, 15) is 5.11 Å². The predicted octanol–water partition coefficient (Wildman–Crippen LogP) is 1.34. The highest BCUT2D eigenvalue weighted by atomic mass is 16.5. The Morgan fingerprint density at radius 1 is 1.40 bits per heavy atom. The van der Waals surface area contributed by atoms with Crippen molar-refractivity contribution in [3.05, 3.63) is 11.9 Å². The summed E-state index contributed by atoms with van der Waals surface area (Å²) in [4.78, 5) is 10.9. The predicted molar refractivity (Wildman–Crippen MR) is 78.5 cm³/mol. The van der Waals surface area contributed by atoms with Gasteiger partial charge in [-0.2, -0.15) is 0 Å². The first-order valence-electron chi connectivity index (χ1n) is 7.33. The van der Waals surface area contributed by atoms with Crippen molar-refractivity contribution < 1.29 is 9.84 Å². The Morgan fingerprint density at radius 3 is 3.00 bits per heavy atom. The Morgan fingerprint density at radius 2 is 2.25 bits per heavy atom. The lowest BCUT2D eigenvalue weighted by Gasteiger charge is -2.30. The normalized spacial score (nSPS) is 19.9. The Bertz CT molecular complexity index is 428. The van der Waals surface area contributed by atoms with Crippen LogP contribution in [0.3, 0.4) is 0 Å². The van der Waals surface area contributed by atoms with Gasteiger partial charge in [-0.25, -0.2) is 9.97 Å². The molecule has 20 heavy (non-hydrogen) atoms. The first-order chi connectivity index (χ1) is 9.74. The molecule has 1 aliphatic rings. The van der Waals surface area contributed by atoms with Gasteiger partial charge in [0.1, 0.15) is 18.2 Å². The number of aliphatic hydroxyl groups excluding tert-OH is 1. The van der Waals surface area contributed by atoms with Crippen LogP contribution in [-0.2, 0) is 11.3 Å². The van der Waals surface area contributed by atoms with Crippen LogP contribution in [0.1, 0.15) is 38.4 Å². The molecule has 0 aliphatic carbocycles. The van der Waals surface area contributed by atoms with Crippen LogP contribution < -0.4 is 10.6 Å². The maximum atomic E-state index is 9.59. The van der Waals surface area contributed by atoms with E-state index in [2.05, 4.69) is 14.9 Å². The van der Waals surface area contributed by atoms with Gasteiger partial charge in [-0.05, 0) is 19.8 Å². The summed E-state index contributed by atoms with van der Waals surface area (Å²) < 4.78 is 5.35. The molecule has 6 heteroatoms. The van der Waals surface area contributed by atoms with E-state index in [1.54, 1.807) is 6.07 Å². The van der Waals surface area contributed by atoms with Gasteiger partial charge in [0.2, 0.25) is 0 Å². The number of aliphatic hydroxyl groups is 1. The second-order valence-corrected chi connectivity index (χ2v) is 5.08. The van der Waals surface area contributed by atoms with Crippen LogP contribution in [0.4, 0.5) is 11.6 Å². The van der Waals surface area contributed by atoms with Gasteiger partial charge in [0.25, 0.3) is 0 Å². The summed E-state index contributed by atoms with van der Waals surface area (Å²) in [6, 6.07) is 1.90. The molecule has 1 atom stereocenters. The maximum absolute atomic E-state index is 9.59. The van der Waals surface area contributed by atoms with Gasteiger partial charge in [0.15, 0.2) is 5.82 Å². The fraction of sp³-hybridized carbons (Fsp3) is 0.714. The van der Waals surface area contributed by atoms with Gasteiger partial charge in [-0.15, -0.1) is 0 Å². The minimum absolute atomic E-state index is 0.117. The van der Waals surface area contributed by atoms with Crippen molar-refractivity contribution in [2.75, 3.05) is 30.4 Å². The molecule has 1 unspecified atom stereocenters. The summed E-state index contributed by atoms with van der Waals surface area (Å²) in [6.07, 6.45) is 4.44. The molecule has 1 fully saturated rings. The zero-order valence-corrected chi connectivity index (χ0v) is 12.1. The standard InChI is InChI=1S/C14H24N4O2/c1-2-20-10-13-16-12(15)8-14(17-13)18-7-5-3-4-6-11(18)9-19/h8,11,19H,2-7,9-10H2,1H3,(H2,15,16,17). The van der Waals surface area contributed by atoms with Crippen LogP contribution in [0.2, 0.25) is 0 Å². The van der Waals surface area contributed by atoms with E-state index in [0.29, 0.717) is 24.9 Å². The third-order valence-electron chi connectivity index (χ3n) is 3.60. The molecule has 112 valence electrons. The highest BCUT2D eigenvalue weighted by Gasteiger charge is 2.22. The number of nitrogens with two attached hydrogens (primary N) is 1. The molecule has 0 amide bonds. The minimum atomic E-state index is 0.117. The third kappa shape index (κ3) is 3.80. The number of ether oxygens (including phenoxy) is 1. The zero-order chi connectivity index (χ0) is 14.4. The summed E-state index contributed by atoms with van der Waals surface area (Å²) in [7, 11) is 0. The third-order valence-corrected chi connectivity index (χ3v) is 3.60. The average Bonchev–Trinajstić information content (AvgIpc) is 2.69. The topological polar surface area (TPSA) is 84.5 Å². The number of nitrogens with zero attached hydrogens (tertiary/aromatic N) is 3. The smallest absolute Gasteiger partial charge is 0.158 e.